The molecule has 1 aromatic heterocycles. The molecule has 104 valence electrons. The van der Waals surface area contributed by atoms with Gasteiger partial charge < -0.3 is 5.11 Å². The van der Waals surface area contributed by atoms with Crippen LogP contribution in [0.2, 0.25) is 0 Å². The van der Waals surface area contributed by atoms with Crippen LogP contribution in [0.1, 0.15) is 15.9 Å². The second-order valence-electron chi connectivity index (χ2n) is 4.75. The van der Waals surface area contributed by atoms with Crippen molar-refractivity contribution < 1.29 is 9.90 Å². The third-order valence-electron chi connectivity index (χ3n) is 3.15. The van der Waals surface area contributed by atoms with Crippen molar-refractivity contribution in [1.82, 2.24) is 4.98 Å². The summed E-state index contributed by atoms with van der Waals surface area (Å²) in [5.41, 5.74) is 2.21. The molecule has 0 saturated carbocycles. The van der Waals surface area contributed by atoms with E-state index in [9.17, 15) is 9.90 Å². The topological polar surface area (TPSA) is 50.2 Å². The first-order valence-electron chi connectivity index (χ1n) is 6.51. The number of aryl methyl sites for hydroxylation is 1. The zero-order valence-corrected chi connectivity index (χ0v) is 12.2. The molecule has 0 spiro atoms. The van der Waals surface area contributed by atoms with Gasteiger partial charge in [-0.1, -0.05) is 47.7 Å². The van der Waals surface area contributed by atoms with E-state index in [4.69, 9.17) is 0 Å². The number of para-hydroxylation sites is 1. The fourth-order valence-electron chi connectivity index (χ4n) is 2.05. The molecule has 0 aliphatic carbocycles. The van der Waals surface area contributed by atoms with Gasteiger partial charge in [-0.2, -0.15) is 0 Å². The molecule has 3 rings (SSSR count). The molecule has 0 unspecified atom stereocenters. The number of pyridine rings is 1. The summed E-state index contributed by atoms with van der Waals surface area (Å²) in [6, 6.07) is 17.2. The summed E-state index contributed by atoms with van der Waals surface area (Å²) in [6.45, 7) is 2.02. The van der Waals surface area contributed by atoms with Crippen LogP contribution in [0.4, 0.5) is 0 Å². The maximum atomic E-state index is 11.5. The van der Waals surface area contributed by atoms with E-state index in [1.54, 1.807) is 6.07 Å². The van der Waals surface area contributed by atoms with Gasteiger partial charge in [0.25, 0.3) is 0 Å². The van der Waals surface area contributed by atoms with Gasteiger partial charge >= 0.3 is 5.97 Å². The summed E-state index contributed by atoms with van der Waals surface area (Å²) >= 11 is 1.37. The number of benzene rings is 2. The lowest BCUT2D eigenvalue weighted by molar-refractivity contribution is 0.0692. The summed E-state index contributed by atoms with van der Waals surface area (Å²) in [6.07, 6.45) is 0. The molecule has 21 heavy (non-hydrogen) atoms. The van der Waals surface area contributed by atoms with E-state index in [1.807, 2.05) is 55.5 Å². The predicted molar refractivity (Wildman–Crippen MR) is 84.0 cm³/mol. The quantitative estimate of drug-likeness (QED) is 0.778. The maximum absolute atomic E-state index is 11.5. The van der Waals surface area contributed by atoms with Crippen LogP contribution in [-0.2, 0) is 0 Å². The van der Waals surface area contributed by atoms with E-state index >= 15 is 0 Å². The Labute approximate surface area is 126 Å². The molecule has 0 aliphatic heterocycles. The van der Waals surface area contributed by atoms with Crippen LogP contribution in [0.5, 0.6) is 0 Å². The highest BCUT2D eigenvalue weighted by Gasteiger charge is 2.14. The number of carboxylic acids is 1. The lowest BCUT2D eigenvalue weighted by Crippen LogP contribution is -2.01. The second-order valence-corrected chi connectivity index (χ2v) is 5.82. The molecule has 3 aromatic rings. The third kappa shape index (κ3) is 2.90. The van der Waals surface area contributed by atoms with Gasteiger partial charge in [-0.05, 0) is 31.2 Å². The average molecular weight is 295 g/mol. The van der Waals surface area contributed by atoms with Crippen LogP contribution in [-0.4, -0.2) is 16.1 Å². The predicted octanol–water partition coefficient (Wildman–Crippen LogP) is 4.39. The van der Waals surface area contributed by atoms with Gasteiger partial charge in [0.2, 0.25) is 0 Å². The van der Waals surface area contributed by atoms with Gasteiger partial charge in [-0.3, -0.25) is 0 Å². The highest BCUT2D eigenvalue weighted by molar-refractivity contribution is 7.99. The summed E-state index contributed by atoms with van der Waals surface area (Å²) < 4.78 is 0. The van der Waals surface area contributed by atoms with Crippen LogP contribution in [0, 0.1) is 6.92 Å². The molecule has 0 bridgehead atoms. The molecular formula is C17H13NO2S. The second kappa shape index (κ2) is 5.58. The average Bonchev–Trinajstić information content (AvgIpc) is 2.48. The standard InChI is InChI=1S/C17H13NO2S/c1-11-6-8-13(9-7-11)21-16-14(17(19)20)10-12-4-2-3-5-15(12)18-16/h2-10H,1H3,(H,19,20). The number of aromatic carboxylic acids is 1. The van der Waals surface area contributed by atoms with Crippen molar-refractivity contribution in [2.75, 3.05) is 0 Å². The van der Waals surface area contributed by atoms with E-state index < -0.39 is 5.97 Å². The Morgan fingerprint density at radius 2 is 1.81 bits per heavy atom. The molecule has 0 aliphatic rings. The van der Waals surface area contributed by atoms with E-state index in [0.29, 0.717) is 5.03 Å². The number of hydrogen-bond acceptors (Lipinski definition) is 3. The number of rotatable bonds is 3. The molecule has 2 aromatic carbocycles. The van der Waals surface area contributed by atoms with Crippen molar-refractivity contribution in [2.24, 2.45) is 0 Å². The Hall–Kier alpha value is -2.33. The SMILES string of the molecule is Cc1ccc(Sc2nc3ccccc3cc2C(=O)O)cc1. The van der Waals surface area contributed by atoms with Crippen LogP contribution in [0.25, 0.3) is 10.9 Å². The monoisotopic (exact) mass is 295 g/mol. The number of carboxylic acid groups (broad SMARTS) is 1. The molecule has 0 atom stereocenters. The first-order valence-corrected chi connectivity index (χ1v) is 7.33. The number of nitrogens with zero attached hydrogens (tertiary/aromatic N) is 1. The minimum absolute atomic E-state index is 0.235. The Kier molecular flexibility index (Phi) is 3.62. The van der Waals surface area contributed by atoms with Crippen molar-refractivity contribution in [2.45, 2.75) is 16.8 Å². The van der Waals surface area contributed by atoms with E-state index in [0.717, 1.165) is 15.8 Å². The smallest absolute Gasteiger partial charge is 0.338 e. The zero-order valence-electron chi connectivity index (χ0n) is 11.4. The molecule has 0 radical (unpaired) electrons. The van der Waals surface area contributed by atoms with Crippen LogP contribution in [0.15, 0.2) is 64.5 Å². The van der Waals surface area contributed by atoms with Gasteiger partial charge in [-0.25, -0.2) is 9.78 Å². The molecule has 1 N–H and O–H groups in total. The molecule has 4 heteroatoms. The van der Waals surface area contributed by atoms with E-state index in [-0.39, 0.29) is 5.56 Å². The maximum Gasteiger partial charge on any atom is 0.338 e. The highest BCUT2D eigenvalue weighted by Crippen LogP contribution is 2.31. The molecule has 3 nitrogen and oxygen atoms in total. The van der Waals surface area contributed by atoms with Crippen molar-refractivity contribution in [1.29, 1.82) is 0 Å². The van der Waals surface area contributed by atoms with Gasteiger partial charge in [0.15, 0.2) is 0 Å². The molecule has 1 heterocycles. The van der Waals surface area contributed by atoms with E-state index in [1.165, 1.54) is 17.3 Å². The first kappa shape index (κ1) is 13.6. The van der Waals surface area contributed by atoms with Crippen LogP contribution < -0.4 is 0 Å². The molecular weight excluding hydrogens is 282 g/mol. The van der Waals surface area contributed by atoms with Crippen molar-refractivity contribution in [3.8, 4) is 0 Å². The van der Waals surface area contributed by atoms with Gasteiger partial charge in [0.1, 0.15) is 5.03 Å². The Bertz CT molecular complexity index is 813. The fourth-order valence-corrected chi connectivity index (χ4v) is 2.94. The largest absolute Gasteiger partial charge is 0.478 e. The van der Waals surface area contributed by atoms with Crippen LogP contribution in [0.3, 0.4) is 0 Å². The molecule has 0 amide bonds. The third-order valence-corrected chi connectivity index (χ3v) is 4.17. The van der Waals surface area contributed by atoms with Gasteiger partial charge in [-0.15, -0.1) is 0 Å². The summed E-state index contributed by atoms with van der Waals surface area (Å²) in [5.74, 6) is -0.956. The lowest BCUT2D eigenvalue weighted by atomic mass is 10.1. The minimum Gasteiger partial charge on any atom is -0.478 e. The number of fused-ring (bicyclic) bond motifs is 1. The summed E-state index contributed by atoms with van der Waals surface area (Å²) in [4.78, 5) is 16.9. The highest BCUT2D eigenvalue weighted by atomic mass is 32.2. The summed E-state index contributed by atoms with van der Waals surface area (Å²) in [7, 11) is 0. The molecule has 0 fully saturated rings. The first-order chi connectivity index (χ1) is 10.1. The van der Waals surface area contributed by atoms with Crippen molar-refractivity contribution in [3.63, 3.8) is 0 Å². The van der Waals surface area contributed by atoms with Gasteiger partial charge in [0, 0.05) is 10.3 Å². The Morgan fingerprint density at radius 3 is 2.52 bits per heavy atom. The van der Waals surface area contributed by atoms with E-state index in [2.05, 4.69) is 4.98 Å². The van der Waals surface area contributed by atoms with Crippen LogP contribution >= 0.6 is 11.8 Å². The minimum atomic E-state index is -0.956. The normalized spacial score (nSPS) is 10.7. The number of hydrogen-bond donors (Lipinski definition) is 1. The summed E-state index contributed by atoms with van der Waals surface area (Å²) in [5, 5.41) is 10.7. The fraction of sp³-hybridized carbons (Fsp3) is 0.0588. The van der Waals surface area contributed by atoms with Crippen molar-refractivity contribution in [3.05, 3.63) is 65.7 Å². The Balaban J connectivity index is 2.09. The zero-order chi connectivity index (χ0) is 14.8. The molecule has 0 saturated heterocycles. The Morgan fingerprint density at radius 1 is 1.10 bits per heavy atom. The number of carbonyl (C=O) groups is 1. The van der Waals surface area contributed by atoms with Crippen molar-refractivity contribution >= 4 is 28.6 Å². The number of aromatic nitrogens is 1. The lowest BCUT2D eigenvalue weighted by Gasteiger charge is -2.07. The van der Waals surface area contributed by atoms with Gasteiger partial charge in [0.05, 0.1) is 11.1 Å².